The monoisotopic (exact) mass is 1090 g/mol. The second-order valence-corrected chi connectivity index (χ2v) is 29.6. The first-order chi connectivity index (χ1) is 33.7. The molecule has 72 heavy (non-hydrogen) atoms. The number of fused-ring (bicyclic) bond motifs is 5. The molecule has 8 aromatic rings. The Labute approximate surface area is 458 Å². The van der Waals surface area contributed by atoms with Crippen LogP contribution in [0.15, 0.2) is 127 Å². The van der Waals surface area contributed by atoms with Gasteiger partial charge in [-0.05, 0) is 79.7 Å². The topological polar surface area (TPSA) is 0 Å². The van der Waals surface area contributed by atoms with Gasteiger partial charge >= 0.3 is 37.9 Å². The molecule has 1 heterocycles. The Morgan fingerprint density at radius 2 is 0.875 bits per heavy atom. The Balaban J connectivity index is 0.000000181. The van der Waals surface area contributed by atoms with Crippen LogP contribution in [0.5, 0.6) is 0 Å². The van der Waals surface area contributed by atoms with E-state index in [0.717, 1.165) is 22.4 Å². The van der Waals surface area contributed by atoms with Crippen LogP contribution in [0.4, 0.5) is 0 Å². The van der Waals surface area contributed by atoms with Crippen molar-refractivity contribution >= 4 is 58.5 Å². The maximum Gasteiger partial charge on any atom is 0.0920 e. The molecule has 1 aliphatic rings. The van der Waals surface area contributed by atoms with Gasteiger partial charge in [-0.1, -0.05) is 218 Å². The van der Waals surface area contributed by atoms with Crippen LogP contribution in [-0.2, 0) is 55.3 Å². The van der Waals surface area contributed by atoms with Crippen molar-refractivity contribution in [1.29, 1.82) is 0 Å². The third-order valence-electron chi connectivity index (χ3n) is 14.3. The molecule has 378 valence electrons. The zero-order valence-corrected chi connectivity index (χ0v) is 51.9. The zero-order valence-electron chi connectivity index (χ0n) is 46.9. The Morgan fingerprint density at radius 1 is 0.500 bits per heavy atom. The summed E-state index contributed by atoms with van der Waals surface area (Å²) in [5.74, 6) is 0.992. The Hall–Kier alpha value is -3.78. The van der Waals surface area contributed by atoms with Gasteiger partial charge in [-0.2, -0.15) is 41.6 Å². The summed E-state index contributed by atoms with van der Waals surface area (Å²) in [4.78, 5) is 0. The van der Waals surface area contributed by atoms with E-state index in [2.05, 4.69) is 252 Å². The molecule has 0 fully saturated rings. The van der Waals surface area contributed by atoms with Crippen LogP contribution in [0.1, 0.15) is 181 Å². The van der Waals surface area contributed by atoms with Crippen LogP contribution in [0.25, 0.3) is 54.9 Å². The number of aryl methyl sites for hydroxylation is 2. The summed E-state index contributed by atoms with van der Waals surface area (Å²) in [5, 5.41) is 8.39. The van der Waals surface area contributed by atoms with Crippen LogP contribution < -0.4 is 10.4 Å². The molecule has 0 nitrogen and oxygen atoms in total. The largest absolute Gasteiger partial charge is 0.184 e. The zero-order chi connectivity index (χ0) is 53.1. The van der Waals surface area contributed by atoms with Gasteiger partial charge in [0.15, 0.2) is 0 Å². The van der Waals surface area contributed by atoms with Crippen molar-refractivity contribution < 1.29 is 20.8 Å². The van der Waals surface area contributed by atoms with E-state index in [1.54, 1.807) is 0 Å². The average molecular weight is 1090 g/mol. The van der Waals surface area contributed by atoms with Gasteiger partial charge < -0.3 is 0 Å². The fourth-order valence-electron chi connectivity index (χ4n) is 9.74. The second-order valence-electron chi connectivity index (χ2n) is 24.6. The summed E-state index contributed by atoms with van der Waals surface area (Å²) in [6.45, 7) is 41.6. The third-order valence-corrected chi connectivity index (χ3v) is 15.6. The van der Waals surface area contributed by atoms with E-state index in [-0.39, 0.29) is 21.7 Å². The number of rotatable bonds is 6. The molecule has 0 unspecified atom stereocenters. The van der Waals surface area contributed by atoms with Gasteiger partial charge in [-0.3, -0.25) is 0 Å². The van der Waals surface area contributed by atoms with Gasteiger partial charge in [0, 0.05) is 0 Å². The van der Waals surface area contributed by atoms with Gasteiger partial charge in [0.25, 0.3) is 0 Å². The second kappa shape index (κ2) is 23.4. The molecule has 0 aliphatic carbocycles. The van der Waals surface area contributed by atoms with Crippen molar-refractivity contribution in [2.45, 2.75) is 171 Å². The minimum Gasteiger partial charge on any atom is -0.184 e. The molecule has 0 amide bonds. The number of benzene rings is 6. The molecule has 0 atom stereocenters. The molecule has 0 aromatic heterocycles. The molecule has 0 saturated heterocycles. The van der Waals surface area contributed by atoms with E-state index in [9.17, 15) is 0 Å². The van der Waals surface area contributed by atoms with Gasteiger partial charge in [-0.25, -0.2) is 0 Å². The van der Waals surface area contributed by atoms with Gasteiger partial charge in [-0.15, -0.1) is 74.6 Å². The molecule has 8 aromatic carbocycles. The first kappa shape index (κ1) is 57.5. The van der Waals surface area contributed by atoms with Crippen molar-refractivity contribution in [2.75, 3.05) is 0 Å². The summed E-state index contributed by atoms with van der Waals surface area (Å²) in [7, 11) is 10.7. The molecule has 0 saturated carbocycles. The molecule has 2 radical (unpaired) electrons. The van der Waals surface area contributed by atoms with Crippen molar-refractivity contribution in [3.63, 3.8) is 0 Å². The van der Waals surface area contributed by atoms with Gasteiger partial charge in [0.05, 0.1) is 9.52 Å². The molecular formula is C68H81Cl2SiZr-3. The summed E-state index contributed by atoms with van der Waals surface area (Å²) in [6.07, 6.45) is 2.17. The summed E-state index contributed by atoms with van der Waals surface area (Å²) in [6, 6.07) is 51.6. The van der Waals surface area contributed by atoms with E-state index in [1.807, 2.05) is 6.07 Å². The minimum absolute atomic E-state index is 0.127. The number of hydrogen-bond acceptors (Lipinski definition) is 0. The summed E-state index contributed by atoms with van der Waals surface area (Å²) < 4.78 is 0. The predicted octanol–water partition coefficient (Wildman–Crippen LogP) is 19.5. The first-order valence-corrected chi connectivity index (χ1v) is 33.6. The van der Waals surface area contributed by atoms with Crippen LogP contribution in [0.2, 0.25) is 0 Å². The molecule has 4 heteroatoms. The molecule has 1 aliphatic heterocycles. The van der Waals surface area contributed by atoms with E-state index in [0.29, 0.717) is 11.8 Å². The average Bonchev–Trinajstić information content (AvgIpc) is 4.05. The van der Waals surface area contributed by atoms with E-state index >= 15 is 0 Å². The van der Waals surface area contributed by atoms with Crippen LogP contribution >= 0.6 is 17.0 Å². The number of hydrogen-bond donors (Lipinski definition) is 0. The Morgan fingerprint density at radius 3 is 1.24 bits per heavy atom. The predicted molar refractivity (Wildman–Crippen MR) is 319 cm³/mol. The van der Waals surface area contributed by atoms with Crippen LogP contribution in [-0.4, -0.2) is 9.52 Å². The first-order valence-electron chi connectivity index (χ1n) is 26.3. The van der Waals surface area contributed by atoms with E-state index in [4.69, 9.17) is 17.0 Å². The van der Waals surface area contributed by atoms with Crippen molar-refractivity contribution in [2.24, 2.45) is 0 Å². The smallest absolute Gasteiger partial charge is 0.0920 e. The fourth-order valence-corrected chi connectivity index (χ4v) is 11.0. The van der Waals surface area contributed by atoms with E-state index in [1.165, 1.54) is 110 Å². The number of halogens is 2. The standard InChI is InChI=1S/2C28H37.C12H7Si.2ClH.Zr/c2*1-10-19-13-20-11-12-24(18(2)3)26(25(20)14-19)21-15-22(27(4,5)6)17-23(16-21)28(7,8)9;1-3-7-11-9(5-1)10-6-2-4-8-12(10)13-11;;;/h2*11-18H,10H2,1-9H3;1-7H;2*1H;/q3*-1;;;+2/p-2. The van der Waals surface area contributed by atoms with Crippen molar-refractivity contribution in [1.82, 2.24) is 0 Å². The maximum atomic E-state index is 4.93. The SMILES string of the molecule is CCc1cc2c(-c3cc(C(C)(C)C)cc(C(C)(C)C)c3)c(C(C)C)ccc2[cH-]1.CCc1cc2c(-c3cc(C(C)(C)C)cc(C(C)(C)C)c3)c(C(C)C)ccc2[cH-]1.[Cl][Zr][Cl].[c-]1cccc2c1[Si]c1ccccc1-2. The van der Waals surface area contributed by atoms with Crippen molar-refractivity contribution in [3.05, 3.63) is 178 Å². The van der Waals surface area contributed by atoms with Crippen molar-refractivity contribution in [3.8, 4) is 33.4 Å². The maximum absolute atomic E-state index is 4.93. The molecule has 0 spiro atoms. The van der Waals surface area contributed by atoms with Crippen LogP contribution in [0, 0.1) is 6.07 Å². The molecule has 0 N–H and O–H groups in total. The Kier molecular flexibility index (Phi) is 18.7. The summed E-state index contributed by atoms with van der Waals surface area (Å²) >= 11 is -0.826. The summed E-state index contributed by atoms with van der Waals surface area (Å²) in [5.41, 5.74) is 20.3. The van der Waals surface area contributed by atoms with Gasteiger partial charge in [0.2, 0.25) is 0 Å². The minimum atomic E-state index is -0.826. The third kappa shape index (κ3) is 13.5. The quantitative estimate of drug-likeness (QED) is 0.115. The fraction of sp³-hybridized carbons (Fsp3) is 0.382. The normalized spacial score (nSPS) is 12.5. The molecule has 9 rings (SSSR count). The Bertz CT molecular complexity index is 2830. The molecular weight excluding hydrogens is 1010 g/mol. The van der Waals surface area contributed by atoms with E-state index < -0.39 is 20.8 Å². The molecule has 0 bridgehead atoms. The van der Waals surface area contributed by atoms with Crippen LogP contribution in [0.3, 0.4) is 0 Å². The van der Waals surface area contributed by atoms with Gasteiger partial charge in [0.1, 0.15) is 0 Å².